The number of amides is 1. The first-order valence-electron chi connectivity index (χ1n) is 12.3. The predicted molar refractivity (Wildman–Crippen MR) is 133 cm³/mol. The summed E-state index contributed by atoms with van der Waals surface area (Å²) in [5.41, 5.74) is 2.51. The summed E-state index contributed by atoms with van der Waals surface area (Å²) in [6.45, 7) is 1.82. The van der Waals surface area contributed by atoms with Crippen molar-refractivity contribution >= 4 is 12.1 Å². The Morgan fingerprint density at radius 3 is 2.19 bits per heavy atom. The Morgan fingerprint density at radius 2 is 1.62 bits per heavy atom. The summed E-state index contributed by atoms with van der Waals surface area (Å²) in [6.07, 6.45) is -0.977. The number of nitrogens with zero attached hydrogens (tertiary/aromatic N) is 1. The molecule has 0 unspecified atom stereocenters. The van der Waals surface area contributed by atoms with Crippen LogP contribution < -0.4 is 5.32 Å². The molecule has 0 saturated carbocycles. The number of benzene rings is 3. The monoisotopic (exact) mass is 506 g/mol. The second-order valence-corrected chi connectivity index (χ2v) is 9.56. The van der Waals surface area contributed by atoms with Crippen molar-refractivity contribution in [3.8, 4) is 0 Å². The molecule has 192 valence electrons. The van der Waals surface area contributed by atoms with E-state index in [4.69, 9.17) is 9.47 Å². The van der Waals surface area contributed by atoms with Gasteiger partial charge in [0.05, 0.1) is 18.1 Å². The minimum atomic E-state index is -0.678. The van der Waals surface area contributed by atoms with Crippen molar-refractivity contribution in [2.24, 2.45) is 0 Å². The Kier molecular flexibility index (Phi) is 7.19. The van der Waals surface area contributed by atoms with Gasteiger partial charge in [-0.15, -0.1) is 0 Å². The maximum Gasteiger partial charge on any atom is 0.407 e. The summed E-state index contributed by atoms with van der Waals surface area (Å²) in [7, 11) is 0. The van der Waals surface area contributed by atoms with Crippen LogP contribution >= 0.6 is 0 Å². The fraction of sp³-hybridized carbons (Fsp3) is 0.310. The maximum atomic E-state index is 13.9. The molecule has 4 atom stereocenters. The van der Waals surface area contributed by atoms with Gasteiger partial charge in [0.1, 0.15) is 23.8 Å². The molecule has 0 spiro atoms. The highest BCUT2D eigenvalue weighted by Gasteiger charge is 2.49. The molecular weight excluding hydrogens is 478 g/mol. The van der Waals surface area contributed by atoms with Crippen molar-refractivity contribution in [3.05, 3.63) is 107 Å². The molecule has 2 aliphatic rings. The third-order valence-electron chi connectivity index (χ3n) is 6.94. The van der Waals surface area contributed by atoms with Crippen LogP contribution in [-0.2, 0) is 20.7 Å². The lowest BCUT2D eigenvalue weighted by Crippen LogP contribution is -2.48. The van der Waals surface area contributed by atoms with E-state index in [1.54, 1.807) is 0 Å². The molecule has 6 nitrogen and oxygen atoms in total. The van der Waals surface area contributed by atoms with Gasteiger partial charge in [0.15, 0.2) is 0 Å². The molecule has 0 aromatic heterocycles. The SMILES string of the molecule is CC(=O)O[C@H]1C[C@H]([C@H]2OC(=O)N[C@H]2Cc2cc(F)cc(F)c2)N(C(c2ccccc2)c2ccccc2)C1. The quantitative estimate of drug-likeness (QED) is 0.467. The molecule has 0 aliphatic carbocycles. The average molecular weight is 507 g/mol. The third-order valence-corrected chi connectivity index (χ3v) is 6.94. The van der Waals surface area contributed by atoms with Gasteiger partial charge in [0, 0.05) is 26.0 Å². The number of halogens is 2. The molecular formula is C29H28F2N2O4. The van der Waals surface area contributed by atoms with E-state index >= 15 is 0 Å². The van der Waals surface area contributed by atoms with Gasteiger partial charge in [0.2, 0.25) is 0 Å². The molecule has 0 radical (unpaired) electrons. The van der Waals surface area contributed by atoms with Crippen LogP contribution in [0.3, 0.4) is 0 Å². The zero-order valence-electron chi connectivity index (χ0n) is 20.3. The van der Waals surface area contributed by atoms with E-state index in [2.05, 4.69) is 10.2 Å². The number of hydrogen-bond donors (Lipinski definition) is 1. The van der Waals surface area contributed by atoms with E-state index in [9.17, 15) is 18.4 Å². The number of ether oxygens (including phenoxy) is 2. The Labute approximate surface area is 214 Å². The smallest absolute Gasteiger partial charge is 0.407 e. The summed E-state index contributed by atoms with van der Waals surface area (Å²) in [4.78, 5) is 26.5. The summed E-state index contributed by atoms with van der Waals surface area (Å²) in [6, 6.07) is 22.2. The van der Waals surface area contributed by atoms with Gasteiger partial charge in [-0.2, -0.15) is 0 Å². The highest BCUT2D eigenvalue weighted by Crippen LogP contribution is 2.39. The topological polar surface area (TPSA) is 67.9 Å². The van der Waals surface area contributed by atoms with Crippen LogP contribution in [0.2, 0.25) is 0 Å². The van der Waals surface area contributed by atoms with Gasteiger partial charge in [0.25, 0.3) is 0 Å². The first-order valence-corrected chi connectivity index (χ1v) is 12.3. The van der Waals surface area contributed by atoms with Crippen LogP contribution in [0.1, 0.15) is 36.1 Å². The molecule has 37 heavy (non-hydrogen) atoms. The highest BCUT2D eigenvalue weighted by molar-refractivity contribution is 5.70. The Hall–Kier alpha value is -3.78. The summed E-state index contributed by atoms with van der Waals surface area (Å²) in [5, 5.41) is 2.82. The van der Waals surface area contributed by atoms with Crippen molar-refractivity contribution < 1.29 is 27.8 Å². The number of rotatable bonds is 7. The number of esters is 1. The first kappa shape index (κ1) is 24.9. The van der Waals surface area contributed by atoms with Gasteiger partial charge >= 0.3 is 12.1 Å². The van der Waals surface area contributed by atoms with Gasteiger partial charge in [-0.25, -0.2) is 13.6 Å². The van der Waals surface area contributed by atoms with Gasteiger partial charge in [-0.1, -0.05) is 60.7 Å². The van der Waals surface area contributed by atoms with E-state index in [1.165, 1.54) is 19.1 Å². The highest BCUT2D eigenvalue weighted by atomic mass is 19.1. The molecule has 3 aromatic carbocycles. The molecule has 1 N–H and O–H groups in total. The maximum absolute atomic E-state index is 13.9. The van der Waals surface area contributed by atoms with E-state index in [1.807, 2.05) is 60.7 Å². The largest absolute Gasteiger partial charge is 0.461 e. The van der Waals surface area contributed by atoms with Crippen LogP contribution in [0.15, 0.2) is 78.9 Å². The fourth-order valence-electron chi connectivity index (χ4n) is 5.61. The van der Waals surface area contributed by atoms with Gasteiger partial charge in [-0.05, 0) is 35.2 Å². The Balaban J connectivity index is 1.51. The van der Waals surface area contributed by atoms with Crippen LogP contribution in [0.4, 0.5) is 13.6 Å². The number of hydrogen-bond acceptors (Lipinski definition) is 5. The number of nitrogens with one attached hydrogen (secondary N) is 1. The standard InChI is InChI=1S/C29H28F2N2O4/c1-18(34)36-24-16-26(28-25(32-29(35)37-28)14-19-12-22(30)15-23(31)13-19)33(17-24)27(20-8-4-2-5-9-20)21-10-6-3-7-11-21/h2-13,15,24-28H,14,16-17H2,1H3,(H,32,35)/t24-,25-,26+,28-/m0/s1. The van der Waals surface area contributed by atoms with Crippen molar-refractivity contribution in [3.63, 3.8) is 0 Å². The normalized spacial score (nSPS) is 23.6. The lowest BCUT2D eigenvalue weighted by atomic mass is 9.92. The number of alkyl carbamates (subject to hydrolysis) is 1. The zero-order chi connectivity index (χ0) is 25.9. The molecule has 2 heterocycles. The van der Waals surface area contributed by atoms with Crippen molar-refractivity contribution in [1.82, 2.24) is 10.2 Å². The molecule has 5 rings (SSSR count). The molecule has 2 aliphatic heterocycles. The van der Waals surface area contributed by atoms with E-state index < -0.39 is 36.0 Å². The molecule has 3 aromatic rings. The minimum Gasteiger partial charge on any atom is -0.461 e. The molecule has 1 amide bonds. The van der Waals surface area contributed by atoms with E-state index in [-0.39, 0.29) is 24.5 Å². The molecule has 8 heteroatoms. The van der Waals surface area contributed by atoms with E-state index in [0.717, 1.165) is 17.2 Å². The molecule has 2 saturated heterocycles. The van der Waals surface area contributed by atoms with Gasteiger partial charge in [-0.3, -0.25) is 9.69 Å². The van der Waals surface area contributed by atoms with Crippen LogP contribution in [0.5, 0.6) is 0 Å². The number of likely N-dealkylation sites (tertiary alicyclic amines) is 1. The fourth-order valence-corrected chi connectivity index (χ4v) is 5.61. The van der Waals surface area contributed by atoms with E-state index in [0.29, 0.717) is 18.5 Å². The Bertz CT molecular complexity index is 1200. The lowest BCUT2D eigenvalue weighted by molar-refractivity contribution is -0.145. The van der Waals surface area contributed by atoms with Gasteiger partial charge < -0.3 is 14.8 Å². The number of carbonyl (C=O) groups excluding carboxylic acids is 2. The predicted octanol–water partition coefficient (Wildman–Crippen LogP) is 4.78. The lowest BCUT2D eigenvalue weighted by Gasteiger charge is -2.36. The van der Waals surface area contributed by atoms with Crippen molar-refractivity contribution in [2.75, 3.05) is 6.54 Å². The third kappa shape index (κ3) is 5.64. The van der Waals surface area contributed by atoms with Crippen LogP contribution in [0.25, 0.3) is 0 Å². The zero-order valence-corrected chi connectivity index (χ0v) is 20.3. The second-order valence-electron chi connectivity index (χ2n) is 9.56. The summed E-state index contributed by atoms with van der Waals surface area (Å²) < 4.78 is 39.2. The molecule has 2 fully saturated rings. The van der Waals surface area contributed by atoms with Crippen LogP contribution in [-0.4, -0.2) is 47.8 Å². The second kappa shape index (κ2) is 10.7. The van der Waals surface area contributed by atoms with Crippen molar-refractivity contribution in [2.45, 2.75) is 50.1 Å². The summed E-state index contributed by atoms with van der Waals surface area (Å²) >= 11 is 0. The van der Waals surface area contributed by atoms with Crippen LogP contribution in [0, 0.1) is 11.6 Å². The Morgan fingerprint density at radius 1 is 1.03 bits per heavy atom. The first-order chi connectivity index (χ1) is 17.9. The average Bonchev–Trinajstić information content (AvgIpc) is 3.42. The number of carbonyl (C=O) groups is 2. The number of cyclic esters (lactones) is 1. The molecule has 0 bridgehead atoms. The summed E-state index contributed by atoms with van der Waals surface area (Å²) in [5.74, 6) is -1.74. The minimum absolute atomic E-state index is 0.189. The van der Waals surface area contributed by atoms with Crippen molar-refractivity contribution in [1.29, 1.82) is 0 Å².